The summed E-state index contributed by atoms with van der Waals surface area (Å²) in [6, 6.07) is 6.08. The number of nitrogens with zero attached hydrogens (tertiary/aromatic N) is 2. The lowest BCUT2D eigenvalue weighted by molar-refractivity contribution is 0.223. The van der Waals surface area contributed by atoms with Gasteiger partial charge in [-0.15, -0.1) is 0 Å². The molecule has 0 aliphatic heterocycles. The molecular formula is C15H18BrIN2O. The summed E-state index contributed by atoms with van der Waals surface area (Å²) in [5.41, 5.74) is 0.922. The molecule has 2 aromatic rings. The van der Waals surface area contributed by atoms with Crippen LogP contribution in [0, 0.1) is 3.57 Å². The Balaban J connectivity index is 2.21. The average Bonchev–Trinajstić information content (AvgIpc) is 2.46. The minimum absolute atomic E-state index is 0.686. The second-order valence-corrected chi connectivity index (χ2v) is 6.46. The molecule has 0 atom stereocenters. The van der Waals surface area contributed by atoms with Gasteiger partial charge in [0.25, 0.3) is 0 Å². The van der Waals surface area contributed by atoms with Gasteiger partial charge in [0.1, 0.15) is 12.1 Å². The first kappa shape index (κ1) is 16.0. The summed E-state index contributed by atoms with van der Waals surface area (Å²) < 4.78 is 8.15. The molecule has 2 rings (SSSR count). The molecule has 0 saturated heterocycles. The van der Waals surface area contributed by atoms with E-state index in [2.05, 4.69) is 74.4 Å². The van der Waals surface area contributed by atoms with Crippen molar-refractivity contribution in [1.82, 2.24) is 9.88 Å². The molecule has 108 valence electrons. The SMILES string of the molecule is CCN(CC)CCOc1c(I)cc(Br)c2cccnc12. The molecule has 0 amide bonds. The third kappa shape index (κ3) is 3.62. The average molecular weight is 449 g/mol. The number of ether oxygens (including phenoxy) is 1. The lowest BCUT2D eigenvalue weighted by atomic mass is 10.2. The summed E-state index contributed by atoms with van der Waals surface area (Å²) in [6.45, 7) is 8.07. The van der Waals surface area contributed by atoms with Crippen LogP contribution >= 0.6 is 38.5 Å². The number of rotatable bonds is 6. The van der Waals surface area contributed by atoms with Crippen LogP contribution in [-0.2, 0) is 0 Å². The zero-order valence-corrected chi connectivity index (χ0v) is 15.4. The molecule has 0 saturated carbocycles. The van der Waals surface area contributed by atoms with Crippen LogP contribution in [0.25, 0.3) is 10.9 Å². The molecule has 0 aliphatic rings. The lowest BCUT2D eigenvalue weighted by Crippen LogP contribution is -2.28. The van der Waals surface area contributed by atoms with Gasteiger partial charge < -0.3 is 9.64 Å². The Morgan fingerprint density at radius 3 is 2.80 bits per heavy atom. The first-order valence-electron chi connectivity index (χ1n) is 6.75. The molecule has 5 heteroatoms. The molecule has 0 unspecified atom stereocenters. The molecule has 0 radical (unpaired) electrons. The Hall–Kier alpha value is -0.400. The zero-order chi connectivity index (χ0) is 14.5. The highest BCUT2D eigenvalue weighted by Crippen LogP contribution is 2.34. The van der Waals surface area contributed by atoms with Crippen molar-refractivity contribution >= 4 is 49.4 Å². The van der Waals surface area contributed by atoms with Crippen molar-refractivity contribution in [2.45, 2.75) is 13.8 Å². The highest BCUT2D eigenvalue weighted by molar-refractivity contribution is 14.1. The molecule has 0 bridgehead atoms. The van der Waals surface area contributed by atoms with E-state index in [1.54, 1.807) is 0 Å². The summed E-state index contributed by atoms with van der Waals surface area (Å²) >= 11 is 5.89. The van der Waals surface area contributed by atoms with Gasteiger partial charge in [0.2, 0.25) is 0 Å². The molecule has 1 aromatic carbocycles. The van der Waals surface area contributed by atoms with Gasteiger partial charge in [-0.3, -0.25) is 4.98 Å². The van der Waals surface area contributed by atoms with Crippen molar-refractivity contribution in [1.29, 1.82) is 0 Å². The van der Waals surface area contributed by atoms with Crippen LogP contribution in [-0.4, -0.2) is 36.1 Å². The van der Waals surface area contributed by atoms with E-state index in [1.807, 2.05) is 12.3 Å². The van der Waals surface area contributed by atoms with Crippen molar-refractivity contribution in [2.75, 3.05) is 26.2 Å². The molecule has 0 aliphatic carbocycles. The van der Waals surface area contributed by atoms with Crippen LogP contribution in [0.5, 0.6) is 5.75 Å². The fourth-order valence-electron chi connectivity index (χ4n) is 2.10. The molecule has 1 heterocycles. The van der Waals surface area contributed by atoms with E-state index in [9.17, 15) is 0 Å². The summed E-state index contributed by atoms with van der Waals surface area (Å²) in [7, 11) is 0. The zero-order valence-electron chi connectivity index (χ0n) is 11.7. The predicted molar refractivity (Wildman–Crippen MR) is 95.4 cm³/mol. The Bertz CT molecular complexity index is 587. The Morgan fingerprint density at radius 1 is 1.35 bits per heavy atom. The highest BCUT2D eigenvalue weighted by Gasteiger charge is 2.12. The van der Waals surface area contributed by atoms with E-state index in [-0.39, 0.29) is 0 Å². The van der Waals surface area contributed by atoms with Gasteiger partial charge >= 0.3 is 0 Å². The maximum atomic E-state index is 6.01. The van der Waals surface area contributed by atoms with Crippen LogP contribution in [0.3, 0.4) is 0 Å². The van der Waals surface area contributed by atoms with Gasteiger partial charge in [0.05, 0.1) is 3.57 Å². The molecule has 0 N–H and O–H groups in total. The summed E-state index contributed by atoms with van der Waals surface area (Å²) in [4.78, 5) is 6.82. The van der Waals surface area contributed by atoms with Gasteiger partial charge in [-0.05, 0) is 47.8 Å². The van der Waals surface area contributed by atoms with Gasteiger partial charge in [-0.2, -0.15) is 0 Å². The topological polar surface area (TPSA) is 25.4 Å². The molecule has 1 aromatic heterocycles. The molecule has 3 nitrogen and oxygen atoms in total. The Labute approximate surface area is 142 Å². The van der Waals surface area contributed by atoms with Crippen molar-refractivity contribution in [3.8, 4) is 5.75 Å². The number of fused-ring (bicyclic) bond motifs is 1. The van der Waals surface area contributed by atoms with Crippen LogP contribution in [0.15, 0.2) is 28.9 Å². The minimum Gasteiger partial charge on any atom is -0.489 e. The van der Waals surface area contributed by atoms with Gasteiger partial charge in [-0.1, -0.05) is 35.8 Å². The van der Waals surface area contributed by atoms with Gasteiger partial charge in [-0.25, -0.2) is 0 Å². The summed E-state index contributed by atoms with van der Waals surface area (Å²) in [5.74, 6) is 0.886. The Morgan fingerprint density at radius 2 is 2.10 bits per heavy atom. The molecular weight excluding hydrogens is 431 g/mol. The predicted octanol–water partition coefficient (Wildman–Crippen LogP) is 4.32. The van der Waals surface area contributed by atoms with E-state index in [4.69, 9.17) is 4.74 Å². The van der Waals surface area contributed by atoms with E-state index in [1.165, 1.54) is 0 Å². The normalized spacial score (nSPS) is 11.2. The number of likely N-dealkylation sites (N-methyl/N-ethyl adjacent to an activating group) is 1. The quantitative estimate of drug-likeness (QED) is 0.615. The van der Waals surface area contributed by atoms with Crippen LogP contribution in [0.4, 0.5) is 0 Å². The standard InChI is InChI=1S/C15H18BrIN2O/c1-3-19(4-2)8-9-20-15-13(17)10-12(16)11-6-5-7-18-14(11)15/h5-7,10H,3-4,8-9H2,1-2H3. The first-order valence-corrected chi connectivity index (χ1v) is 8.62. The van der Waals surface area contributed by atoms with Crippen molar-refractivity contribution in [3.05, 3.63) is 32.4 Å². The van der Waals surface area contributed by atoms with Crippen LogP contribution in [0.2, 0.25) is 0 Å². The van der Waals surface area contributed by atoms with Gasteiger partial charge in [0, 0.05) is 22.6 Å². The maximum absolute atomic E-state index is 6.01. The number of benzene rings is 1. The fraction of sp³-hybridized carbons (Fsp3) is 0.400. The van der Waals surface area contributed by atoms with E-state index in [0.29, 0.717) is 6.61 Å². The number of halogens is 2. The number of hydrogen-bond donors (Lipinski definition) is 0. The lowest BCUT2D eigenvalue weighted by Gasteiger charge is -2.19. The van der Waals surface area contributed by atoms with E-state index >= 15 is 0 Å². The highest BCUT2D eigenvalue weighted by atomic mass is 127. The number of aromatic nitrogens is 1. The van der Waals surface area contributed by atoms with Gasteiger partial charge in [0.15, 0.2) is 5.75 Å². The molecule has 20 heavy (non-hydrogen) atoms. The fourth-order valence-corrected chi connectivity index (χ4v) is 3.80. The molecule has 0 fully saturated rings. The van der Waals surface area contributed by atoms with E-state index < -0.39 is 0 Å². The second kappa shape index (κ2) is 7.56. The monoisotopic (exact) mass is 448 g/mol. The minimum atomic E-state index is 0.686. The first-order chi connectivity index (χ1) is 9.67. The largest absolute Gasteiger partial charge is 0.489 e. The van der Waals surface area contributed by atoms with Crippen LogP contribution in [0.1, 0.15) is 13.8 Å². The second-order valence-electron chi connectivity index (χ2n) is 4.44. The third-order valence-electron chi connectivity index (χ3n) is 3.30. The maximum Gasteiger partial charge on any atom is 0.158 e. The van der Waals surface area contributed by atoms with Crippen molar-refractivity contribution in [3.63, 3.8) is 0 Å². The summed E-state index contributed by atoms with van der Waals surface area (Å²) in [6.07, 6.45) is 1.81. The van der Waals surface area contributed by atoms with Crippen molar-refractivity contribution < 1.29 is 4.74 Å². The van der Waals surface area contributed by atoms with Crippen LogP contribution < -0.4 is 4.74 Å². The summed E-state index contributed by atoms with van der Waals surface area (Å²) in [5, 5.41) is 1.09. The molecule has 0 spiro atoms. The van der Waals surface area contributed by atoms with Crippen molar-refractivity contribution in [2.24, 2.45) is 0 Å². The Kier molecular flexibility index (Phi) is 6.04. The third-order valence-corrected chi connectivity index (χ3v) is 4.76. The number of hydrogen-bond acceptors (Lipinski definition) is 3. The smallest absolute Gasteiger partial charge is 0.158 e. The van der Waals surface area contributed by atoms with E-state index in [0.717, 1.165) is 44.3 Å². The number of pyridine rings is 1.